The summed E-state index contributed by atoms with van der Waals surface area (Å²) >= 11 is 12.0. The lowest BCUT2D eigenvalue weighted by Crippen LogP contribution is -2.07. The van der Waals surface area contributed by atoms with Crippen molar-refractivity contribution in [1.82, 2.24) is 10.2 Å². The van der Waals surface area contributed by atoms with Crippen molar-refractivity contribution in [2.45, 2.75) is 26.5 Å². The van der Waals surface area contributed by atoms with E-state index < -0.39 is 0 Å². The molecular formula is C19H19Cl2N3O2. The van der Waals surface area contributed by atoms with Gasteiger partial charge in [0.2, 0.25) is 11.8 Å². The summed E-state index contributed by atoms with van der Waals surface area (Å²) in [7, 11) is 0. The molecule has 0 aliphatic heterocycles. The molecule has 136 valence electrons. The molecule has 0 aliphatic rings. The Bertz CT molecular complexity index is 865. The first-order valence-electron chi connectivity index (χ1n) is 8.29. The molecule has 7 heteroatoms. The minimum Gasteiger partial charge on any atom is -0.418 e. The maximum Gasteiger partial charge on any atom is 0.247 e. The molecule has 0 radical (unpaired) electrons. The van der Waals surface area contributed by atoms with Crippen LogP contribution < -0.4 is 5.32 Å². The SMILES string of the molecule is CCOCc1ccc(NC(C)c2nnc(-c3ccc(Cl)c(Cl)c3)o2)cc1. The monoisotopic (exact) mass is 391 g/mol. The van der Waals surface area contributed by atoms with Crippen LogP contribution in [0.4, 0.5) is 5.69 Å². The zero-order valence-electron chi connectivity index (χ0n) is 14.5. The summed E-state index contributed by atoms with van der Waals surface area (Å²) in [5, 5.41) is 12.5. The van der Waals surface area contributed by atoms with Crippen LogP contribution in [0.25, 0.3) is 11.5 Å². The third-order valence-corrected chi connectivity index (χ3v) is 4.53. The Hall–Kier alpha value is -2.08. The van der Waals surface area contributed by atoms with Crippen LogP contribution in [0.3, 0.4) is 0 Å². The van der Waals surface area contributed by atoms with Crippen molar-refractivity contribution in [2.75, 3.05) is 11.9 Å². The first kappa shape index (κ1) is 18.7. The van der Waals surface area contributed by atoms with Gasteiger partial charge in [-0.3, -0.25) is 0 Å². The van der Waals surface area contributed by atoms with E-state index in [4.69, 9.17) is 32.4 Å². The third kappa shape index (κ3) is 4.55. The Morgan fingerprint density at radius 2 is 1.85 bits per heavy atom. The fourth-order valence-corrected chi connectivity index (χ4v) is 2.68. The van der Waals surface area contributed by atoms with E-state index in [9.17, 15) is 0 Å². The number of halogens is 2. The first-order chi connectivity index (χ1) is 12.6. The number of nitrogens with zero attached hydrogens (tertiary/aromatic N) is 2. The summed E-state index contributed by atoms with van der Waals surface area (Å²) in [4.78, 5) is 0. The molecule has 5 nitrogen and oxygen atoms in total. The Morgan fingerprint density at radius 1 is 1.08 bits per heavy atom. The van der Waals surface area contributed by atoms with Crippen LogP contribution in [-0.4, -0.2) is 16.8 Å². The van der Waals surface area contributed by atoms with Gasteiger partial charge in [0.1, 0.15) is 6.04 Å². The van der Waals surface area contributed by atoms with E-state index in [-0.39, 0.29) is 6.04 Å². The molecule has 1 heterocycles. The molecule has 0 bridgehead atoms. The highest BCUT2D eigenvalue weighted by Crippen LogP contribution is 2.29. The van der Waals surface area contributed by atoms with Crippen molar-refractivity contribution in [3.63, 3.8) is 0 Å². The molecule has 0 aliphatic carbocycles. The van der Waals surface area contributed by atoms with Crippen molar-refractivity contribution in [3.8, 4) is 11.5 Å². The fraction of sp³-hybridized carbons (Fsp3) is 0.263. The number of hydrogen-bond donors (Lipinski definition) is 1. The highest BCUT2D eigenvalue weighted by Gasteiger charge is 2.15. The summed E-state index contributed by atoms with van der Waals surface area (Å²) in [6.07, 6.45) is 0. The van der Waals surface area contributed by atoms with Crippen LogP contribution in [0, 0.1) is 0 Å². The molecule has 2 aromatic carbocycles. The second-order valence-electron chi connectivity index (χ2n) is 5.77. The number of benzene rings is 2. The Morgan fingerprint density at radius 3 is 2.54 bits per heavy atom. The van der Waals surface area contributed by atoms with Gasteiger partial charge < -0.3 is 14.5 Å². The zero-order valence-corrected chi connectivity index (χ0v) is 16.0. The molecular weight excluding hydrogens is 373 g/mol. The van der Waals surface area contributed by atoms with E-state index in [1.165, 1.54) is 0 Å². The lowest BCUT2D eigenvalue weighted by Gasteiger charge is -2.12. The first-order valence-corrected chi connectivity index (χ1v) is 9.04. The molecule has 3 rings (SSSR count). The molecule has 0 fully saturated rings. The van der Waals surface area contributed by atoms with E-state index in [0.717, 1.165) is 16.8 Å². The molecule has 26 heavy (non-hydrogen) atoms. The van der Waals surface area contributed by atoms with E-state index in [1.54, 1.807) is 18.2 Å². The van der Waals surface area contributed by atoms with Gasteiger partial charge >= 0.3 is 0 Å². The zero-order chi connectivity index (χ0) is 18.5. The Labute approximate surface area is 162 Å². The predicted octanol–water partition coefficient (Wildman–Crippen LogP) is 5.75. The molecule has 1 aromatic heterocycles. The van der Waals surface area contributed by atoms with Gasteiger partial charge in [0.25, 0.3) is 0 Å². The van der Waals surface area contributed by atoms with Gasteiger partial charge in [-0.15, -0.1) is 10.2 Å². The van der Waals surface area contributed by atoms with Crippen LogP contribution in [0.2, 0.25) is 10.0 Å². The summed E-state index contributed by atoms with van der Waals surface area (Å²) < 4.78 is 11.2. The van der Waals surface area contributed by atoms with Crippen LogP contribution in [0.15, 0.2) is 46.9 Å². The largest absolute Gasteiger partial charge is 0.418 e. The van der Waals surface area contributed by atoms with Gasteiger partial charge in [-0.25, -0.2) is 0 Å². The molecule has 0 saturated heterocycles. The Kier molecular flexibility index (Phi) is 6.14. The van der Waals surface area contributed by atoms with E-state index >= 15 is 0 Å². The van der Waals surface area contributed by atoms with Crippen molar-refractivity contribution in [3.05, 3.63) is 64.0 Å². The Balaban J connectivity index is 1.67. The molecule has 1 N–H and O–H groups in total. The maximum absolute atomic E-state index is 6.04. The van der Waals surface area contributed by atoms with E-state index in [0.29, 0.717) is 35.0 Å². The summed E-state index contributed by atoms with van der Waals surface area (Å²) in [5.74, 6) is 0.892. The molecule has 1 unspecified atom stereocenters. The number of ether oxygens (including phenoxy) is 1. The van der Waals surface area contributed by atoms with Crippen molar-refractivity contribution in [1.29, 1.82) is 0 Å². The summed E-state index contributed by atoms with van der Waals surface area (Å²) in [6.45, 7) is 5.26. The smallest absolute Gasteiger partial charge is 0.247 e. The molecule has 0 saturated carbocycles. The minimum atomic E-state index is -0.142. The summed E-state index contributed by atoms with van der Waals surface area (Å²) in [6, 6.07) is 13.1. The van der Waals surface area contributed by atoms with Crippen molar-refractivity contribution in [2.24, 2.45) is 0 Å². The molecule has 3 aromatic rings. The average Bonchev–Trinajstić information content (AvgIpc) is 3.14. The third-order valence-electron chi connectivity index (χ3n) is 3.79. The van der Waals surface area contributed by atoms with Gasteiger partial charge in [0.15, 0.2) is 0 Å². The fourth-order valence-electron chi connectivity index (χ4n) is 2.38. The number of hydrogen-bond acceptors (Lipinski definition) is 5. The maximum atomic E-state index is 6.04. The van der Waals surface area contributed by atoms with Crippen molar-refractivity contribution < 1.29 is 9.15 Å². The number of nitrogens with one attached hydrogen (secondary N) is 1. The van der Waals surface area contributed by atoms with Crippen LogP contribution in [0.5, 0.6) is 0 Å². The number of rotatable bonds is 7. The van der Waals surface area contributed by atoms with Crippen molar-refractivity contribution >= 4 is 28.9 Å². The average molecular weight is 392 g/mol. The highest BCUT2D eigenvalue weighted by molar-refractivity contribution is 6.42. The predicted molar refractivity (Wildman–Crippen MR) is 104 cm³/mol. The molecule has 0 spiro atoms. The molecule has 1 atom stereocenters. The molecule has 0 amide bonds. The van der Waals surface area contributed by atoms with Crippen LogP contribution >= 0.6 is 23.2 Å². The second kappa shape index (κ2) is 8.54. The van der Waals surface area contributed by atoms with E-state index in [1.807, 2.05) is 38.1 Å². The van der Waals surface area contributed by atoms with Crippen LogP contribution in [0.1, 0.15) is 31.3 Å². The van der Waals surface area contributed by atoms with Gasteiger partial charge in [0.05, 0.1) is 16.7 Å². The van der Waals surface area contributed by atoms with Gasteiger partial charge in [-0.2, -0.15) is 0 Å². The van der Waals surface area contributed by atoms with Gasteiger partial charge in [0, 0.05) is 17.9 Å². The van der Waals surface area contributed by atoms with Crippen LogP contribution in [-0.2, 0) is 11.3 Å². The van der Waals surface area contributed by atoms with Gasteiger partial charge in [-0.1, -0.05) is 35.3 Å². The summed E-state index contributed by atoms with van der Waals surface area (Å²) in [5.41, 5.74) is 2.82. The standard InChI is InChI=1S/C19H19Cl2N3O2/c1-3-25-11-13-4-7-15(8-5-13)22-12(2)18-23-24-19(26-18)14-6-9-16(20)17(21)10-14/h4-10,12,22H,3,11H2,1-2H3. The minimum absolute atomic E-state index is 0.142. The normalized spacial score (nSPS) is 12.2. The van der Waals surface area contributed by atoms with E-state index in [2.05, 4.69) is 15.5 Å². The lowest BCUT2D eigenvalue weighted by atomic mass is 10.2. The van der Waals surface area contributed by atoms with Gasteiger partial charge in [-0.05, 0) is 49.7 Å². The lowest BCUT2D eigenvalue weighted by molar-refractivity contribution is 0.134. The number of anilines is 1. The number of aromatic nitrogens is 2. The topological polar surface area (TPSA) is 60.2 Å². The quantitative estimate of drug-likeness (QED) is 0.555. The highest BCUT2D eigenvalue weighted by atomic mass is 35.5. The second-order valence-corrected chi connectivity index (χ2v) is 6.59.